The summed E-state index contributed by atoms with van der Waals surface area (Å²) < 4.78 is 4.73. The molecule has 0 aliphatic heterocycles. The van der Waals surface area contributed by atoms with Gasteiger partial charge in [0.15, 0.2) is 0 Å². The number of nitrogens with zero attached hydrogens (tertiary/aromatic N) is 2. The van der Waals surface area contributed by atoms with Crippen LogP contribution in [-0.4, -0.2) is 9.13 Å². The Morgan fingerprint density at radius 1 is 0.325 bits per heavy atom. The van der Waals surface area contributed by atoms with Crippen LogP contribution in [0, 0.1) is 0 Å². The number of para-hydroxylation sites is 4. The van der Waals surface area contributed by atoms with Crippen LogP contribution in [0.3, 0.4) is 0 Å². The van der Waals surface area contributed by atoms with Gasteiger partial charge in [-0.15, -0.1) is 0 Å². The van der Waals surface area contributed by atoms with Crippen molar-refractivity contribution < 1.29 is 0 Å². The normalized spacial score (nSPS) is 11.9. The Hall–Kier alpha value is -5.34. The minimum Gasteiger partial charge on any atom is -0.309 e. The van der Waals surface area contributed by atoms with Crippen LogP contribution in [0.5, 0.6) is 0 Å². The van der Waals surface area contributed by atoms with Crippen LogP contribution in [0.15, 0.2) is 146 Å². The molecule has 2 heterocycles. The highest BCUT2D eigenvalue weighted by Gasteiger charge is 2.12. The van der Waals surface area contributed by atoms with Gasteiger partial charge in [0.2, 0.25) is 0 Å². The van der Waals surface area contributed by atoms with E-state index in [-0.39, 0.29) is 0 Å². The van der Waals surface area contributed by atoms with Crippen molar-refractivity contribution >= 4 is 55.8 Å². The fourth-order valence-corrected chi connectivity index (χ4v) is 6.13. The van der Waals surface area contributed by atoms with Crippen LogP contribution < -0.4 is 0 Å². The van der Waals surface area contributed by atoms with Crippen LogP contribution in [0.1, 0.15) is 11.1 Å². The van der Waals surface area contributed by atoms with Gasteiger partial charge in [-0.05, 0) is 59.7 Å². The molecule has 0 atom stereocenters. The van der Waals surface area contributed by atoms with E-state index in [1.165, 1.54) is 66.1 Å². The predicted molar refractivity (Wildman–Crippen MR) is 170 cm³/mol. The van der Waals surface area contributed by atoms with E-state index >= 15 is 0 Å². The second-order valence-corrected chi connectivity index (χ2v) is 10.3. The lowest BCUT2D eigenvalue weighted by atomic mass is 10.1. The van der Waals surface area contributed by atoms with Crippen molar-refractivity contribution in [3.05, 3.63) is 157 Å². The van der Waals surface area contributed by atoms with E-state index in [2.05, 4.69) is 167 Å². The zero-order chi connectivity index (χ0) is 26.5. The third kappa shape index (κ3) is 3.58. The molecule has 0 amide bonds. The van der Waals surface area contributed by atoms with Gasteiger partial charge in [-0.25, -0.2) is 0 Å². The molecule has 8 rings (SSSR count). The molecule has 2 heteroatoms. The van der Waals surface area contributed by atoms with Crippen molar-refractivity contribution in [2.45, 2.75) is 0 Å². The van der Waals surface area contributed by atoms with Crippen molar-refractivity contribution in [2.24, 2.45) is 0 Å². The van der Waals surface area contributed by atoms with Gasteiger partial charge in [0.05, 0.1) is 22.1 Å². The van der Waals surface area contributed by atoms with Crippen LogP contribution in [0.4, 0.5) is 0 Å². The molecule has 2 nitrogen and oxygen atoms in total. The topological polar surface area (TPSA) is 9.86 Å². The average molecular weight is 511 g/mol. The lowest BCUT2D eigenvalue weighted by Gasteiger charge is -2.09. The highest BCUT2D eigenvalue weighted by Crippen LogP contribution is 2.33. The van der Waals surface area contributed by atoms with E-state index in [1.807, 2.05) is 0 Å². The van der Waals surface area contributed by atoms with Gasteiger partial charge in [-0.3, -0.25) is 0 Å². The molecular weight excluding hydrogens is 484 g/mol. The third-order valence-corrected chi connectivity index (χ3v) is 7.89. The summed E-state index contributed by atoms with van der Waals surface area (Å²) in [6.45, 7) is 0. The van der Waals surface area contributed by atoms with Gasteiger partial charge in [-0.2, -0.15) is 0 Å². The fraction of sp³-hybridized carbons (Fsp3) is 0. The molecule has 0 N–H and O–H groups in total. The molecule has 0 radical (unpaired) electrons. The Bertz CT molecular complexity index is 1960. The minimum absolute atomic E-state index is 1.17. The Kier molecular flexibility index (Phi) is 5.17. The average Bonchev–Trinajstić information content (AvgIpc) is 3.54. The SMILES string of the molecule is C(=C\c1cccc(-n2c3ccccc3c3ccccc32)c1)/c1cccc(-n2c3ccccc3c3ccccc32)c1. The highest BCUT2D eigenvalue weighted by atomic mass is 15.0. The summed E-state index contributed by atoms with van der Waals surface area (Å²) in [5, 5.41) is 5.11. The first-order valence-corrected chi connectivity index (χ1v) is 13.7. The summed E-state index contributed by atoms with van der Waals surface area (Å²) in [5.41, 5.74) is 9.57. The molecule has 0 saturated heterocycles. The molecule has 0 fully saturated rings. The monoisotopic (exact) mass is 510 g/mol. The molecule has 0 aliphatic carbocycles. The molecule has 0 unspecified atom stereocenters. The largest absolute Gasteiger partial charge is 0.309 e. The molecule has 8 aromatic rings. The van der Waals surface area contributed by atoms with Gasteiger partial charge < -0.3 is 9.13 Å². The number of hydrogen-bond acceptors (Lipinski definition) is 0. The molecular formula is C38H26N2. The van der Waals surface area contributed by atoms with Gasteiger partial charge in [0.25, 0.3) is 0 Å². The number of fused-ring (bicyclic) bond motifs is 6. The van der Waals surface area contributed by atoms with Crippen LogP contribution in [-0.2, 0) is 0 Å². The van der Waals surface area contributed by atoms with Crippen molar-refractivity contribution in [1.29, 1.82) is 0 Å². The number of rotatable bonds is 4. The molecule has 0 spiro atoms. The van der Waals surface area contributed by atoms with Crippen LogP contribution in [0.2, 0.25) is 0 Å². The van der Waals surface area contributed by atoms with E-state index in [0.717, 1.165) is 0 Å². The molecule has 0 aliphatic rings. The van der Waals surface area contributed by atoms with Gasteiger partial charge in [0, 0.05) is 32.9 Å². The zero-order valence-electron chi connectivity index (χ0n) is 21.9. The lowest BCUT2D eigenvalue weighted by molar-refractivity contribution is 1.18. The second kappa shape index (κ2) is 9.14. The van der Waals surface area contributed by atoms with E-state index in [9.17, 15) is 0 Å². The summed E-state index contributed by atoms with van der Waals surface area (Å²) in [4.78, 5) is 0. The Labute approximate surface area is 232 Å². The van der Waals surface area contributed by atoms with Crippen molar-refractivity contribution in [3.8, 4) is 11.4 Å². The van der Waals surface area contributed by atoms with E-state index < -0.39 is 0 Å². The first-order chi connectivity index (χ1) is 19.8. The number of hydrogen-bond donors (Lipinski definition) is 0. The molecule has 188 valence electrons. The van der Waals surface area contributed by atoms with Gasteiger partial charge in [0.1, 0.15) is 0 Å². The molecule has 0 saturated carbocycles. The summed E-state index contributed by atoms with van der Waals surface area (Å²) in [6.07, 6.45) is 4.42. The van der Waals surface area contributed by atoms with E-state index in [0.29, 0.717) is 0 Å². The minimum atomic E-state index is 1.17. The van der Waals surface area contributed by atoms with E-state index in [1.54, 1.807) is 0 Å². The van der Waals surface area contributed by atoms with Crippen molar-refractivity contribution in [1.82, 2.24) is 9.13 Å². The number of aromatic nitrogens is 2. The van der Waals surface area contributed by atoms with E-state index in [4.69, 9.17) is 0 Å². The zero-order valence-corrected chi connectivity index (χ0v) is 21.9. The highest BCUT2D eigenvalue weighted by molar-refractivity contribution is 6.10. The van der Waals surface area contributed by atoms with Crippen molar-refractivity contribution in [2.75, 3.05) is 0 Å². The maximum atomic E-state index is 2.37. The Morgan fingerprint density at radius 2 is 0.650 bits per heavy atom. The maximum Gasteiger partial charge on any atom is 0.0541 e. The number of benzene rings is 6. The van der Waals surface area contributed by atoms with Crippen LogP contribution >= 0.6 is 0 Å². The fourth-order valence-electron chi connectivity index (χ4n) is 6.13. The van der Waals surface area contributed by atoms with Crippen molar-refractivity contribution in [3.63, 3.8) is 0 Å². The predicted octanol–water partition coefficient (Wildman–Crippen LogP) is 10.1. The van der Waals surface area contributed by atoms with Crippen LogP contribution in [0.25, 0.3) is 67.1 Å². The van der Waals surface area contributed by atoms with Gasteiger partial charge >= 0.3 is 0 Å². The molecule has 2 aromatic heterocycles. The Morgan fingerprint density at radius 3 is 1.00 bits per heavy atom. The summed E-state index contributed by atoms with van der Waals surface area (Å²) in [7, 11) is 0. The second-order valence-electron chi connectivity index (χ2n) is 10.3. The summed E-state index contributed by atoms with van der Waals surface area (Å²) in [6, 6.07) is 52.2. The first-order valence-electron chi connectivity index (χ1n) is 13.7. The molecule has 0 bridgehead atoms. The quantitative estimate of drug-likeness (QED) is 0.208. The standard InChI is InChI=1S/C38H26N2/c1-5-19-35-31(15-1)32-16-2-6-20-36(32)39(35)29-13-9-11-27(25-29)23-24-28-12-10-14-30(26-28)40-37-21-7-3-17-33(37)34-18-4-8-22-38(34)40/h1-26H/b24-23+. The molecule has 40 heavy (non-hydrogen) atoms. The Balaban J connectivity index is 1.20. The third-order valence-electron chi connectivity index (χ3n) is 7.89. The first kappa shape index (κ1) is 22.6. The smallest absolute Gasteiger partial charge is 0.0541 e. The summed E-state index contributed by atoms with van der Waals surface area (Å²) in [5.74, 6) is 0. The van der Waals surface area contributed by atoms with Gasteiger partial charge in [-0.1, -0.05) is 109 Å². The lowest BCUT2D eigenvalue weighted by Crippen LogP contribution is -1.94. The summed E-state index contributed by atoms with van der Waals surface area (Å²) >= 11 is 0. The molecule has 6 aromatic carbocycles. The maximum absolute atomic E-state index is 2.37.